The van der Waals surface area contributed by atoms with E-state index in [2.05, 4.69) is 41.2 Å². The van der Waals surface area contributed by atoms with Crippen molar-refractivity contribution in [3.63, 3.8) is 0 Å². The highest BCUT2D eigenvalue weighted by Gasteiger charge is 2.19. The molecule has 0 bridgehead atoms. The Bertz CT molecular complexity index is 439. The summed E-state index contributed by atoms with van der Waals surface area (Å²) in [7, 11) is 0. The molecule has 5 nitrogen and oxygen atoms in total. The first-order valence-electron chi connectivity index (χ1n) is 5.25. The normalized spacial score (nSPS) is 11.7. The Balaban J connectivity index is 1.98. The molecule has 0 saturated carbocycles. The molecule has 0 aromatic carbocycles. The van der Waals surface area contributed by atoms with Gasteiger partial charge in [0.15, 0.2) is 5.82 Å². The summed E-state index contributed by atoms with van der Waals surface area (Å²) in [5, 5.41) is 7.10. The lowest BCUT2D eigenvalue weighted by Gasteiger charge is -2.11. The predicted octanol–water partition coefficient (Wildman–Crippen LogP) is 2.31. The second-order valence-electron chi connectivity index (χ2n) is 4.72. The fourth-order valence-corrected chi connectivity index (χ4v) is 1.28. The standard InChI is InChI=1S/C11H16N4O/c1-11(2,3)8-6-9(15-16-8)14-7-10-12-4-5-13-10/h4-6H,7H2,1-3H3,(H,12,13)(H,14,15). The maximum Gasteiger partial charge on any atom is 0.170 e. The molecule has 0 fully saturated rings. The molecule has 0 unspecified atom stereocenters. The topological polar surface area (TPSA) is 66.7 Å². The Morgan fingerprint density at radius 1 is 1.44 bits per heavy atom. The highest BCUT2D eigenvalue weighted by molar-refractivity contribution is 5.35. The lowest BCUT2D eigenvalue weighted by Crippen LogP contribution is -2.09. The van der Waals surface area contributed by atoms with Crippen molar-refractivity contribution in [2.45, 2.75) is 32.7 Å². The molecule has 0 aliphatic rings. The average Bonchev–Trinajstić information content (AvgIpc) is 2.85. The van der Waals surface area contributed by atoms with Gasteiger partial charge in [-0.15, -0.1) is 0 Å². The maximum absolute atomic E-state index is 5.26. The molecule has 0 saturated heterocycles. The van der Waals surface area contributed by atoms with Gasteiger partial charge in [-0.25, -0.2) is 4.98 Å². The predicted molar refractivity (Wildman–Crippen MR) is 61.1 cm³/mol. The van der Waals surface area contributed by atoms with E-state index in [0.717, 1.165) is 17.4 Å². The number of aromatic nitrogens is 3. The lowest BCUT2D eigenvalue weighted by molar-refractivity contribution is 0.330. The van der Waals surface area contributed by atoms with Crippen LogP contribution in [0.1, 0.15) is 32.4 Å². The largest absolute Gasteiger partial charge is 0.360 e. The molecule has 0 aliphatic carbocycles. The molecule has 86 valence electrons. The summed E-state index contributed by atoms with van der Waals surface area (Å²) in [5.41, 5.74) is -0.0163. The first-order valence-corrected chi connectivity index (χ1v) is 5.25. The van der Waals surface area contributed by atoms with Crippen LogP contribution in [0.15, 0.2) is 23.0 Å². The van der Waals surface area contributed by atoms with Crippen LogP contribution < -0.4 is 5.32 Å². The number of anilines is 1. The SMILES string of the molecule is CC(C)(C)c1cc(NCc2ncc[nH]2)no1. The summed E-state index contributed by atoms with van der Waals surface area (Å²) >= 11 is 0. The van der Waals surface area contributed by atoms with Crippen molar-refractivity contribution in [3.8, 4) is 0 Å². The summed E-state index contributed by atoms with van der Waals surface area (Å²) < 4.78 is 5.26. The third-order valence-corrected chi connectivity index (χ3v) is 2.24. The van der Waals surface area contributed by atoms with Crippen LogP contribution in [0.25, 0.3) is 0 Å². The molecular formula is C11H16N4O. The van der Waals surface area contributed by atoms with Crippen LogP contribution in [0, 0.1) is 0 Å². The zero-order valence-electron chi connectivity index (χ0n) is 9.74. The quantitative estimate of drug-likeness (QED) is 0.833. The van der Waals surface area contributed by atoms with Crippen molar-refractivity contribution in [3.05, 3.63) is 30.0 Å². The van der Waals surface area contributed by atoms with E-state index in [1.807, 2.05) is 6.07 Å². The lowest BCUT2D eigenvalue weighted by atomic mass is 9.93. The van der Waals surface area contributed by atoms with Crippen LogP contribution in [-0.4, -0.2) is 15.1 Å². The molecule has 5 heteroatoms. The van der Waals surface area contributed by atoms with Gasteiger partial charge in [0.05, 0.1) is 6.54 Å². The molecule has 2 aromatic rings. The Morgan fingerprint density at radius 3 is 2.81 bits per heavy atom. The highest BCUT2D eigenvalue weighted by Crippen LogP contribution is 2.24. The van der Waals surface area contributed by atoms with Gasteiger partial charge in [0.2, 0.25) is 0 Å². The molecule has 2 heterocycles. The van der Waals surface area contributed by atoms with Gasteiger partial charge in [0.1, 0.15) is 11.6 Å². The van der Waals surface area contributed by atoms with Crippen molar-refractivity contribution in [2.75, 3.05) is 5.32 Å². The molecule has 0 atom stereocenters. The summed E-state index contributed by atoms with van der Waals surface area (Å²) in [5.74, 6) is 2.48. The zero-order valence-corrected chi connectivity index (χ0v) is 9.74. The zero-order chi connectivity index (χ0) is 11.6. The number of nitrogens with one attached hydrogen (secondary N) is 2. The van der Waals surface area contributed by atoms with Gasteiger partial charge in [-0.1, -0.05) is 25.9 Å². The third-order valence-electron chi connectivity index (χ3n) is 2.24. The Kier molecular flexibility index (Phi) is 2.68. The van der Waals surface area contributed by atoms with Gasteiger partial charge in [-0.2, -0.15) is 0 Å². The van der Waals surface area contributed by atoms with Crippen LogP contribution in [-0.2, 0) is 12.0 Å². The highest BCUT2D eigenvalue weighted by atomic mass is 16.5. The van der Waals surface area contributed by atoms with Gasteiger partial charge < -0.3 is 14.8 Å². The number of H-pyrrole nitrogens is 1. The molecule has 16 heavy (non-hydrogen) atoms. The minimum absolute atomic E-state index is 0.0163. The average molecular weight is 220 g/mol. The molecule has 0 aliphatic heterocycles. The minimum atomic E-state index is -0.0163. The first kappa shape index (κ1) is 10.7. The van der Waals surface area contributed by atoms with Crippen molar-refractivity contribution in [1.82, 2.24) is 15.1 Å². The van der Waals surface area contributed by atoms with E-state index < -0.39 is 0 Å². The fraction of sp³-hybridized carbons (Fsp3) is 0.455. The monoisotopic (exact) mass is 220 g/mol. The molecule has 2 N–H and O–H groups in total. The van der Waals surface area contributed by atoms with Crippen molar-refractivity contribution >= 4 is 5.82 Å². The van der Waals surface area contributed by atoms with E-state index in [1.165, 1.54) is 0 Å². The number of aromatic amines is 1. The van der Waals surface area contributed by atoms with Crippen LogP contribution >= 0.6 is 0 Å². The molecule has 2 aromatic heterocycles. The van der Waals surface area contributed by atoms with Crippen LogP contribution in [0.3, 0.4) is 0 Å². The van der Waals surface area contributed by atoms with Gasteiger partial charge in [0.25, 0.3) is 0 Å². The second kappa shape index (κ2) is 4.00. The van der Waals surface area contributed by atoms with Crippen molar-refractivity contribution in [2.24, 2.45) is 0 Å². The van der Waals surface area contributed by atoms with Crippen LogP contribution in [0.5, 0.6) is 0 Å². The summed E-state index contributed by atoms with van der Waals surface area (Å²) in [6, 6.07) is 1.92. The van der Waals surface area contributed by atoms with Gasteiger partial charge in [0, 0.05) is 23.9 Å². The smallest absolute Gasteiger partial charge is 0.170 e. The number of rotatable bonds is 3. The Hall–Kier alpha value is -1.78. The van der Waals surface area contributed by atoms with Crippen molar-refractivity contribution < 1.29 is 4.52 Å². The number of nitrogens with zero attached hydrogens (tertiary/aromatic N) is 2. The molecule has 0 spiro atoms. The molecule has 0 radical (unpaired) electrons. The first-order chi connectivity index (χ1) is 7.55. The van der Waals surface area contributed by atoms with Gasteiger partial charge in [-0.05, 0) is 0 Å². The summed E-state index contributed by atoms with van der Waals surface area (Å²) in [6.45, 7) is 6.88. The summed E-state index contributed by atoms with van der Waals surface area (Å²) in [6.07, 6.45) is 3.51. The molecule has 2 rings (SSSR count). The minimum Gasteiger partial charge on any atom is -0.360 e. The number of hydrogen-bond acceptors (Lipinski definition) is 4. The molecular weight excluding hydrogens is 204 g/mol. The number of hydrogen-bond donors (Lipinski definition) is 2. The van der Waals surface area contributed by atoms with Gasteiger partial charge in [-0.3, -0.25) is 0 Å². The van der Waals surface area contributed by atoms with E-state index in [1.54, 1.807) is 12.4 Å². The van der Waals surface area contributed by atoms with E-state index >= 15 is 0 Å². The Labute approximate surface area is 94.3 Å². The molecule has 0 amide bonds. The van der Waals surface area contributed by atoms with E-state index in [4.69, 9.17) is 4.52 Å². The maximum atomic E-state index is 5.26. The van der Waals surface area contributed by atoms with Crippen LogP contribution in [0.2, 0.25) is 0 Å². The summed E-state index contributed by atoms with van der Waals surface area (Å²) in [4.78, 5) is 7.12. The number of imidazole rings is 1. The Morgan fingerprint density at radius 2 is 2.25 bits per heavy atom. The van der Waals surface area contributed by atoms with E-state index in [-0.39, 0.29) is 5.41 Å². The van der Waals surface area contributed by atoms with E-state index in [0.29, 0.717) is 6.54 Å². The van der Waals surface area contributed by atoms with Crippen molar-refractivity contribution in [1.29, 1.82) is 0 Å². The fourth-order valence-electron chi connectivity index (χ4n) is 1.28. The van der Waals surface area contributed by atoms with E-state index in [9.17, 15) is 0 Å². The third kappa shape index (κ3) is 2.42. The second-order valence-corrected chi connectivity index (χ2v) is 4.72. The van der Waals surface area contributed by atoms with Crippen LogP contribution in [0.4, 0.5) is 5.82 Å². The van der Waals surface area contributed by atoms with Gasteiger partial charge >= 0.3 is 0 Å².